The number of anilines is 2. The Kier molecular flexibility index (Phi) is 5.94. The number of nitrogens with one attached hydrogen (secondary N) is 3. The maximum Gasteiger partial charge on any atom is 0.255 e. The quantitative estimate of drug-likeness (QED) is 0.299. The highest BCUT2D eigenvalue weighted by molar-refractivity contribution is 6.04. The fourth-order valence-corrected chi connectivity index (χ4v) is 5.19. The van der Waals surface area contributed by atoms with Gasteiger partial charge in [-0.1, -0.05) is 18.2 Å². The van der Waals surface area contributed by atoms with Crippen molar-refractivity contribution >= 4 is 39.3 Å². The van der Waals surface area contributed by atoms with Gasteiger partial charge in [-0.05, 0) is 43.4 Å². The molecule has 5 aromatic heterocycles. The number of carbonyl (C=O) groups is 1. The van der Waals surface area contributed by atoms with Crippen LogP contribution in [0.5, 0.6) is 0 Å². The molecule has 3 N–H and O–H groups in total. The number of rotatable bonds is 5. The van der Waals surface area contributed by atoms with E-state index in [1.54, 1.807) is 30.7 Å². The van der Waals surface area contributed by atoms with Gasteiger partial charge in [0.05, 0.1) is 17.6 Å². The number of nitrogens with zero attached hydrogens (tertiary/aromatic N) is 6. The fraction of sp³-hybridized carbons (Fsp3) is 0.167. The summed E-state index contributed by atoms with van der Waals surface area (Å²) in [5, 5.41) is 12.5. The van der Waals surface area contributed by atoms with E-state index in [0.717, 1.165) is 65.1 Å². The molecule has 1 fully saturated rings. The van der Waals surface area contributed by atoms with Gasteiger partial charge < -0.3 is 20.1 Å². The second kappa shape index (κ2) is 9.90. The molecule has 10 heteroatoms. The van der Waals surface area contributed by atoms with E-state index < -0.39 is 0 Å². The third kappa shape index (κ3) is 4.44. The number of H-pyrrole nitrogens is 2. The molecule has 0 spiro atoms. The highest BCUT2D eigenvalue weighted by Crippen LogP contribution is 2.34. The predicted molar refractivity (Wildman–Crippen MR) is 156 cm³/mol. The lowest BCUT2D eigenvalue weighted by molar-refractivity contribution is 0.102. The van der Waals surface area contributed by atoms with Crippen LogP contribution in [0.2, 0.25) is 0 Å². The van der Waals surface area contributed by atoms with E-state index in [1.807, 2.05) is 36.5 Å². The van der Waals surface area contributed by atoms with E-state index in [1.165, 1.54) is 5.69 Å². The average Bonchev–Trinajstić information content (AvgIpc) is 3.62. The van der Waals surface area contributed by atoms with Crippen molar-refractivity contribution in [1.82, 2.24) is 35.0 Å². The van der Waals surface area contributed by atoms with Crippen LogP contribution in [0.4, 0.5) is 11.4 Å². The predicted octanol–water partition coefficient (Wildman–Crippen LogP) is 4.57. The molecule has 0 radical (unpaired) electrons. The summed E-state index contributed by atoms with van der Waals surface area (Å²) in [6.45, 7) is 4.03. The zero-order valence-electron chi connectivity index (χ0n) is 21.9. The van der Waals surface area contributed by atoms with Gasteiger partial charge in [-0.25, -0.2) is 9.97 Å². The Morgan fingerprint density at radius 1 is 0.875 bits per heavy atom. The van der Waals surface area contributed by atoms with Crippen LogP contribution in [0, 0.1) is 0 Å². The number of fused-ring (bicyclic) bond motifs is 2. The zero-order chi connectivity index (χ0) is 27.1. The number of benzene rings is 1. The first-order chi connectivity index (χ1) is 19.6. The Hall–Kier alpha value is -5.09. The van der Waals surface area contributed by atoms with Gasteiger partial charge >= 0.3 is 0 Å². The molecular weight excluding hydrogens is 502 g/mol. The standard InChI is InChI=1S/C30H27N9O/c1-38-9-11-39(12-10-38)26-7-8-32-28-23(26)15-25(35-28)27-24-14-21(17-33-29(24)37-36-27)20-13-22(18-31-16-20)34-30(40)19-5-3-2-4-6-19/h2-8,13-18H,9-12H2,1H3,(H,32,35)(H,34,40)(H,33,36,37). The molecule has 0 unspecified atom stereocenters. The molecule has 7 rings (SSSR count). The van der Waals surface area contributed by atoms with Gasteiger partial charge in [-0.3, -0.25) is 14.9 Å². The first kappa shape index (κ1) is 24.0. The van der Waals surface area contributed by atoms with Crippen LogP contribution in [0.15, 0.2) is 79.4 Å². The van der Waals surface area contributed by atoms with Crippen LogP contribution in [0.1, 0.15) is 10.4 Å². The molecule has 0 saturated carbocycles. The van der Waals surface area contributed by atoms with Crippen molar-refractivity contribution < 1.29 is 4.79 Å². The van der Waals surface area contributed by atoms with Gasteiger partial charge in [-0.15, -0.1) is 0 Å². The second-order valence-electron chi connectivity index (χ2n) is 10.0. The summed E-state index contributed by atoms with van der Waals surface area (Å²) >= 11 is 0. The van der Waals surface area contributed by atoms with Crippen LogP contribution in [-0.2, 0) is 0 Å². The molecule has 0 atom stereocenters. The Morgan fingerprint density at radius 3 is 2.55 bits per heavy atom. The Bertz CT molecular complexity index is 1830. The number of hydrogen-bond acceptors (Lipinski definition) is 7. The van der Waals surface area contributed by atoms with Crippen molar-refractivity contribution in [2.75, 3.05) is 43.4 Å². The summed E-state index contributed by atoms with van der Waals surface area (Å²) in [4.78, 5) is 34.4. The summed E-state index contributed by atoms with van der Waals surface area (Å²) < 4.78 is 0. The summed E-state index contributed by atoms with van der Waals surface area (Å²) in [5.41, 5.74) is 7.24. The maximum atomic E-state index is 12.6. The molecule has 6 aromatic rings. The first-order valence-electron chi connectivity index (χ1n) is 13.2. The lowest BCUT2D eigenvalue weighted by Crippen LogP contribution is -2.44. The van der Waals surface area contributed by atoms with Gasteiger partial charge in [0.2, 0.25) is 0 Å². The second-order valence-corrected chi connectivity index (χ2v) is 10.0. The molecule has 1 aromatic carbocycles. The molecule has 0 aliphatic carbocycles. The molecule has 1 amide bonds. The van der Waals surface area contributed by atoms with E-state index >= 15 is 0 Å². The number of aromatic amines is 2. The third-order valence-electron chi connectivity index (χ3n) is 7.39. The van der Waals surface area contributed by atoms with Crippen molar-refractivity contribution in [3.8, 4) is 22.5 Å². The molecule has 1 saturated heterocycles. The Morgan fingerprint density at radius 2 is 1.70 bits per heavy atom. The van der Waals surface area contributed by atoms with Crippen LogP contribution >= 0.6 is 0 Å². The minimum absolute atomic E-state index is 0.186. The average molecular weight is 530 g/mol. The molecule has 198 valence electrons. The topological polar surface area (TPSA) is 119 Å². The largest absolute Gasteiger partial charge is 0.368 e. The number of aromatic nitrogens is 6. The van der Waals surface area contributed by atoms with Crippen LogP contribution < -0.4 is 10.2 Å². The number of amides is 1. The Balaban J connectivity index is 1.21. The smallest absolute Gasteiger partial charge is 0.255 e. The molecular formula is C30H27N9O. The number of likely N-dealkylation sites (N-methyl/N-ethyl adjacent to an activating group) is 1. The van der Waals surface area contributed by atoms with Crippen molar-refractivity contribution in [1.29, 1.82) is 0 Å². The van der Waals surface area contributed by atoms with Crippen molar-refractivity contribution in [3.63, 3.8) is 0 Å². The van der Waals surface area contributed by atoms with Crippen LogP contribution in [-0.4, -0.2) is 74.2 Å². The number of piperazine rings is 1. The minimum atomic E-state index is -0.186. The van der Waals surface area contributed by atoms with E-state index in [4.69, 9.17) is 0 Å². The van der Waals surface area contributed by atoms with Crippen molar-refractivity contribution in [3.05, 3.63) is 84.9 Å². The minimum Gasteiger partial charge on any atom is -0.368 e. The molecule has 0 bridgehead atoms. The van der Waals surface area contributed by atoms with E-state index in [9.17, 15) is 4.79 Å². The molecule has 1 aliphatic rings. The SMILES string of the molecule is CN1CCN(c2ccnc3[nH]c(-c4n[nH]c5ncc(-c6cncc(NC(=O)c7ccccc7)c6)cc45)cc23)CC1. The molecule has 10 nitrogen and oxygen atoms in total. The van der Waals surface area contributed by atoms with E-state index in [0.29, 0.717) is 16.9 Å². The van der Waals surface area contributed by atoms with Gasteiger partial charge in [0.15, 0.2) is 5.65 Å². The molecule has 40 heavy (non-hydrogen) atoms. The monoisotopic (exact) mass is 529 g/mol. The van der Waals surface area contributed by atoms with Gasteiger partial charge in [0.25, 0.3) is 5.91 Å². The third-order valence-corrected chi connectivity index (χ3v) is 7.39. The van der Waals surface area contributed by atoms with Gasteiger partial charge in [-0.2, -0.15) is 5.10 Å². The van der Waals surface area contributed by atoms with Crippen molar-refractivity contribution in [2.24, 2.45) is 0 Å². The lowest BCUT2D eigenvalue weighted by Gasteiger charge is -2.34. The number of hydrogen-bond donors (Lipinski definition) is 3. The zero-order valence-corrected chi connectivity index (χ0v) is 21.9. The maximum absolute atomic E-state index is 12.6. The van der Waals surface area contributed by atoms with E-state index in [-0.39, 0.29) is 5.91 Å². The summed E-state index contributed by atoms with van der Waals surface area (Å²) in [6.07, 6.45) is 7.03. The first-order valence-corrected chi connectivity index (χ1v) is 13.2. The summed E-state index contributed by atoms with van der Waals surface area (Å²) in [7, 11) is 2.16. The van der Waals surface area contributed by atoms with Gasteiger partial charge in [0, 0.05) is 77.9 Å². The molecule has 1 aliphatic heterocycles. The van der Waals surface area contributed by atoms with Crippen LogP contribution in [0.25, 0.3) is 44.6 Å². The highest BCUT2D eigenvalue weighted by Gasteiger charge is 2.20. The fourth-order valence-electron chi connectivity index (χ4n) is 5.19. The lowest BCUT2D eigenvalue weighted by atomic mass is 10.1. The Labute approximate surface area is 230 Å². The highest BCUT2D eigenvalue weighted by atomic mass is 16.1. The number of carbonyl (C=O) groups excluding carboxylic acids is 1. The van der Waals surface area contributed by atoms with E-state index in [2.05, 4.69) is 64.4 Å². The molecule has 6 heterocycles. The van der Waals surface area contributed by atoms with Crippen molar-refractivity contribution in [2.45, 2.75) is 0 Å². The normalized spacial score (nSPS) is 14.2. The summed E-state index contributed by atoms with van der Waals surface area (Å²) in [6, 6.07) is 17.3. The number of pyridine rings is 3. The van der Waals surface area contributed by atoms with Gasteiger partial charge in [0.1, 0.15) is 11.3 Å². The summed E-state index contributed by atoms with van der Waals surface area (Å²) in [5.74, 6) is -0.186. The van der Waals surface area contributed by atoms with Crippen LogP contribution in [0.3, 0.4) is 0 Å².